The van der Waals surface area contributed by atoms with Gasteiger partial charge in [0.1, 0.15) is 5.75 Å². The van der Waals surface area contributed by atoms with Crippen molar-refractivity contribution in [3.8, 4) is 5.75 Å². The number of carbonyl (C=O) groups is 3. The van der Waals surface area contributed by atoms with E-state index in [1.807, 2.05) is 38.1 Å². The van der Waals surface area contributed by atoms with E-state index in [2.05, 4.69) is 15.8 Å². The Balaban J connectivity index is 1.63. The Bertz CT molecular complexity index is 1140. The molecule has 31 heavy (non-hydrogen) atoms. The Labute approximate surface area is 179 Å². The smallest absolute Gasteiger partial charge is 0.343 e. The van der Waals surface area contributed by atoms with Crippen LogP contribution in [0.5, 0.6) is 5.75 Å². The number of aryl methyl sites for hydroxylation is 2. The van der Waals surface area contributed by atoms with Crippen molar-refractivity contribution in [3.05, 3.63) is 95.1 Å². The van der Waals surface area contributed by atoms with Gasteiger partial charge in [-0.2, -0.15) is 5.10 Å². The van der Waals surface area contributed by atoms with Gasteiger partial charge in [0.25, 0.3) is 0 Å². The van der Waals surface area contributed by atoms with Crippen LogP contribution in [0, 0.1) is 13.8 Å². The van der Waals surface area contributed by atoms with Crippen LogP contribution in [0.4, 0.5) is 5.69 Å². The molecule has 3 aromatic carbocycles. The van der Waals surface area contributed by atoms with Crippen LogP contribution in [-0.2, 0) is 9.59 Å². The molecule has 0 aliphatic rings. The maximum Gasteiger partial charge on any atom is 0.343 e. The molecule has 0 saturated carbocycles. The number of para-hydroxylation sites is 1. The molecule has 2 N–H and O–H groups in total. The largest absolute Gasteiger partial charge is 0.422 e. The van der Waals surface area contributed by atoms with Crippen molar-refractivity contribution in [3.63, 3.8) is 0 Å². The molecule has 0 aliphatic carbocycles. The normalized spacial score (nSPS) is 10.5. The molecular formula is C24H21N3O4. The number of esters is 1. The fourth-order valence-corrected chi connectivity index (χ4v) is 2.67. The van der Waals surface area contributed by atoms with Crippen LogP contribution >= 0.6 is 0 Å². The Kier molecular flexibility index (Phi) is 6.90. The fraction of sp³-hybridized carbons (Fsp3) is 0.0833. The van der Waals surface area contributed by atoms with Crippen LogP contribution in [-0.4, -0.2) is 24.0 Å². The van der Waals surface area contributed by atoms with Gasteiger partial charge in [-0.25, -0.2) is 10.2 Å². The molecule has 2 amide bonds. The van der Waals surface area contributed by atoms with Crippen LogP contribution in [0.2, 0.25) is 0 Å². The molecule has 3 aromatic rings. The second-order valence-corrected chi connectivity index (χ2v) is 6.76. The predicted octanol–water partition coefficient (Wildman–Crippen LogP) is 3.61. The second kappa shape index (κ2) is 9.98. The molecule has 156 valence electrons. The molecule has 0 heterocycles. The fourth-order valence-electron chi connectivity index (χ4n) is 2.67. The lowest BCUT2D eigenvalue weighted by Gasteiger charge is -2.09. The van der Waals surface area contributed by atoms with Crippen molar-refractivity contribution >= 4 is 29.7 Å². The van der Waals surface area contributed by atoms with Crippen LogP contribution in [0.15, 0.2) is 77.9 Å². The highest BCUT2D eigenvalue weighted by Gasteiger charge is 2.14. The summed E-state index contributed by atoms with van der Waals surface area (Å²) >= 11 is 0. The predicted molar refractivity (Wildman–Crippen MR) is 118 cm³/mol. The van der Waals surface area contributed by atoms with Crippen molar-refractivity contribution in [2.24, 2.45) is 5.10 Å². The molecule has 0 aromatic heterocycles. The molecule has 7 nitrogen and oxygen atoms in total. The van der Waals surface area contributed by atoms with Gasteiger partial charge in [-0.1, -0.05) is 48.0 Å². The molecule has 0 saturated heterocycles. The maximum absolute atomic E-state index is 12.5. The van der Waals surface area contributed by atoms with E-state index < -0.39 is 17.8 Å². The van der Waals surface area contributed by atoms with E-state index in [1.165, 1.54) is 6.21 Å². The topological polar surface area (TPSA) is 96.9 Å². The molecular weight excluding hydrogens is 394 g/mol. The van der Waals surface area contributed by atoms with Crippen molar-refractivity contribution in [2.45, 2.75) is 13.8 Å². The van der Waals surface area contributed by atoms with E-state index in [1.54, 1.807) is 48.5 Å². The number of amides is 2. The number of rotatable bonds is 5. The number of benzene rings is 3. The van der Waals surface area contributed by atoms with Crippen LogP contribution in [0.3, 0.4) is 0 Å². The quantitative estimate of drug-likeness (QED) is 0.219. The zero-order chi connectivity index (χ0) is 22.2. The van der Waals surface area contributed by atoms with Gasteiger partial charge in [-0.3, -0.25) is 9.59 Å². The number of nitrogens with zero attached hydrogens (tertiary/aromatic N) is 1. The number of nitrogens with one attached hydrogen (secondary N) is 2. The monoisotopic (exact) mass is 415 g/mol. The Hall–Kier alpha value is -4.26. The molecule has 0 aliphatic heterocycles. The van der Waals surface area contributed by atoms with Gasteiger partial charge in [0.15, 0.2) is 0 Å². The van der Waals surface area contributed by atoms with Crippen molar-refractivity contribution in [2.75, 3.05) is 5.32 Å². The highest BCUT2D eigenvalue weighted by Crippen LogP contribution is 2.19. The first-order chi connectivity index (χ1) is 14.9. The highest BCUT2D eigenvalue weighted by atomic mass is 16.5. The average Bonchev–Trinajstić information content (AvgIpc) is 2.76. The lowest BCUT2D eigenvalue weighted by atomic mass is 10.1. The first-order valence-electron chi connectivity index (χ1n) is 9.52. The van der Waals surface area contributed by atoms with Crippen LogP contribution in [0.25, 0.3) is 0 Å². The highest BCUT2D eigenvalue weighted by molar-refractivity contribution is 6.39. The summed E-state index contributed by atoms with van der Waals surface area (Å²) in [6, 6.07) is 20.9. The number of carbonyl (C=O) groups excluding carboxylic acids is 3. The maximum atomic E-state index is 12.5. The van der Waals surface area contributed by atoms with Crippen LogP contribution in [0.1, 0.15) is 27.0 Å². The molecule has 0 bridgehead atoms. The molecule has 7 heteroatoms. The third-order valence-electron chi connectivity index (χ3n) is 4.37. The van der Waals surface area contributed by atoms with E-state index in [0.717, 1.165) is 11.1 Å². The summed E-state index contributed by atoms with van der Waals surface area (Å²) in [5, 5.41) is 6.28. The van der Waals surface area contributed by atoms with Gasteiger partial charge in [0, 0.05) is 11.3 Å². The second-order valence-electron chi connectivity index (χ2n) is 6.76. The first kappa shape index (κ1) is 21.4. The molecule has 0 atom stereocenters. The molecule has 0 spiro atoms. The molecule has 0 radical (unpaired) electrons. The lowest BCUT2D eigenvalue weighted by Crippen LogP contribution is -2.32. The van der Waals surface area contributed by atoms with Crippen LogP contribution < -0.4 is 15.5 Å². The summed E-state index contributed by atoms with van der Waals surface area (Å²) in [4.78, 5) is 36.4. The van der Waals surface area contributed by atoms with Crippen molar-refractivity contribution in [1.29, 1.82) is 0 Å². The summed E-state index contributed by atoms with van der Waals surface area (Å²) in [5.41, 5.74) is 5.41. The zero-order valence-corrected chi connectivity index (χ0v) is 17.1. The van der Waals surface area contributed by atoms with Gasteiger partial charge in [-0.05, 0) is 49.7 Å². The summed E-state index contributed by atoms with van der Waals surface area (Å²) in [7, 11) is 0. The summed E-state index contributed by atoms with van der Waals surface area (Å²) in [6.45, 7) is 3.74. The summed E-state index contributed by atoms with van der Waals surface area (Å²) in [5.74, 6) is -2.00. The molecule has 0 unspecified atom stereocenters. The van der Waals surface area contributed by atoms with E-state index in [4.69, 9.17) is 4.74 Å². The van der Waals surface area contributed by atoms with Gasteiger partial charge in [0.05, 0.1) is 11.8 Å². The van der Waals surface area contributed by atoms with Gasteiger partial charge in [0.2, 0.25) is 0 Å². The Morgan fingerprint density at radius 2 is 1.52 bits per heavy atom. The minimum absolute atomic E-state index is 0.276. The summed E-state index contributed by atoms with van der Waals surface area (Å²) < 4.78 is 5.48. The minimum Gasteiger partial charge on any atom is -0.422 e. The number of hydrogen-bond acceptors (Lipinski definition) is 5. The minimum atomic E-state index is -0.925. The third-order valence-corrected chi connectivity index (χ3v) is 4.37. The van der Waals surface area contributed by atoms with E-state index in [-0.39, 0.29) is 5.75 Å². The number of hydrogen-bond donors (Lipinski definition) is 2. The average molecular weight is 415 g/mol. The third kappa shape index (κ3) is 5.86. The Morgan fingerprint density at radius 1 is 0.839 bits per heavy atom. The first-order valence-corrected chi connectivity index (χ1v) is 9.52. The van der Waals surface area contributed by atoms with E-state index >= 15 is 0 Å². The number of anilines is 1. The Morgan fingerprint density at radius 3 is 2.26 bits per heavy atom. The number of ether oxygens (including phenoxy) is 1. The number of hydrazone groups is 1. The molecule has 0 fully saturated rings. The van der Waals surface area contributed by atoms with Gasteiger partial charge >= 0.3 is 17.8 Å². The van der Waals surface area contributed by atoms with Crippen molar-refractivity contribution in [1.82, 2.24) is 5.43 Å². The van der Waals surface area contributed by atoms with Crippen molar-refractivity contribution < 1.29 is 19.1 Å². The standard InChI is InChI=1S/C24H21N3O4/c1-16-11-13-19(14-12-16)26-22(28)23(29)27-25-15-18-8-4-6-10-21(18)31-24(30)20-9-5-3-7-17(20)2/h3-15H,1-2H3,(H,26,28)(H,27,29)/b25-15+. The van der Waals surface area contributed by atoms with E-state index in [9.17, 15) is 14.4 Å². The van der Waals surface area contributed by atoms with Gasteiger partial charge in [-0.15, -0.1) is 0 Å². The SMILES string of the molecule is Cc1ccc(NC(=O)C(=O)N/N=C/c2ccccc2OC(=O)c2ccccc2C)cc1. The summed E-state index contributed by atoms with van der Waals surface area (Å²) in [6.07, 6.45) is 1.30. The van der Waals surface area contributed by atoms with E-state index in [0.29, 0.717) is 16.8 Å². The lowest BCUT2D eigenvalue weighted by molar-refractivity contribution is -0.136. The molecule has 3 rings (SSSR count). The zero-order valence-electron chi connectivity index (χ0n) is 17.1. The van der Waals surface area contributed by atoms with Gasteiger partial charge < -0.3 is 10.1 Å².